The predicted octanol–water partition coefficient (Wildman–Crippen LogP) is 4.47. The molecular weight excluding hydrogens is 358 g/mol. The van der Waals surface area contributed by atoms with E-state index in [1.807, 2.05) is 37.4 Å². The zero-order chi connectivity index (χ0) is 19.0. The number of imidazole rings is 1. The summed E-state index contributed by atoms with van der Waals surface area (Å²) in [6, 6.07) is 16.0. The minimum Gasteiger partial charge on any atom is -0.465 e. The van der Waals surface area contributed by atoms with Crippen molar-refractivity contribution in [1.82, 2.24) is 9.55 Å². The highest BCUT2D eigenvalue weighted by atomic mass is 32.2. The summed E-state index contributed by atoms with van der Waals surface area (Å²) in [5.74, 6) is -0.117. The van der Waals surface area contributed by atoms with Gasteiger partial charge in [-0.05, 0) is 43.0 Å². The Labute approximate surface area is 162 Å². The van der Waals surface area contributed by atoms with Crippen LogP contribution in [0.15, 0.2) is 65.7 Å². The Morgan fingerprint density at radius 3 is 2.70 bits per heavy atom. The molecule has 0 radical (unpaired) electrons. The van der Waals surface area contributed by atoms with Gasteiger partial charge in [0.15, 0.2) is 0 Å². The Morgan fingerprint density at radius 2 is 2.00 bits per heavy atom. The van der Waals surface area contributed by atoms with E-state index in [0.29, 0.717) is 18.3 Å². The van der Waals surface area contributed by atoms with Gasteiger partial charge in [-0.25, -0.2) is 4.98 Å². The van der Waals surface area contributed by atoms with Crippen LogP contribution in [0, 0.1) is 5.92 Å². The topological polar surface area (TPSA) is 56.2 Å². The molecule has 2 aromatic carbocycles. The lowest BCUT2D eigenvalue weighted by atomic mass is 9.88. The lowest BCUT2D eigenvalue weighted by Crippen LogP contribution is -2.37. The van der Waals surface area contributed by atoms with Gasteiger partial charge in [-0.3, -0.25) is 4.79 Å². The highest BCUT2D eigenvalue weighted by Gasteiger charge is 2.40. The third kappa shape index (κ3) is 3.00. The number of benzene rings is 2. The largest absolute Gasteiger partial charge is 0.465 e. The molecule has 0 aliphatic carbocycles. The second-order valence-corrected chi connectivity index (χ2v) is 7.27. The molecule has 1 N–H and O–H groups in total. The molecule has 1 aliphatic rings. The first-order valence-corrected chi connectivity index (χ1v) is 10.1. The first-order chi connectivity index (χ1) is 13.1. The van der Waals surface area contributed by atoms with Gasteiger partial charge in [0, 0.05) is 10.6 Å². The average molecular weight is 379 g/mol. The van der Waals surface area contributed by atoms with Crippen molar-refractivity contribution in [2.75, 3.05) is 18.2 Å². The number of fused-ring (bicyclic) bond motifs is 3. The number of hydrogen-bond acceptors (Lipinski definition) is 5. The number of carbonyl (C=O) groups is 1. The van der Waals surface area contributed by atoms with Crippen LogP contribution in [0.4, 0.5) is 5.95 Å². The molecule has 0 unspecified atom stereocenters. The lowest BCUT2D eigenvalue weighted by Gasteiger charge is -2.35. The van der Waals surface area contributed by atoms with Gasteiger partial charge in [0.05, 0.1) is 23.7 Å². The fraction of sp³-hybridized carbons (Fsp3) is 0.238. The van der Waals surface area contributed by atoms with Crippen LogP contribution in [0.5, 0.6) is 0 Å². The van der Waals surface area contributed by atoms with E-state index in [4.69, 9.17) is 4.74 Å². The normalized spacial score (nSPS) is 18.8. The van der Waals surface area contributed by atoms with Crippen molar-refractivity contribution in [3.05, 3.63) is 66.4 Å². The Hall–Kier alpha value is -2.73. The number of ether oxygens (including phenoxy) is 1. The van der Waals surface area contributed by atoms with Gasteiger partial charge < -0.3 is 14.6 Å². The van der Waals surface area contributed by atoms with Crippen LogP contribution in [0.3, 0.4) is 0 Å². The minimum atomic E-state index is -0.532. The molecule has 138 valence electrons. The van der Waals surface area contributed by atoms with Crippen LogP contribution in [0.2, 0.25) is 0 Å². The molecule has 27 heavy (non-hydrogen) atoms. The van der Waals surface area contributed by atoms with Crippen molar-refractivity contribution in [3.63, 3.8) is 0 Å². The van der Waals surface area contributed by atoms with E-state index in [2.05, 4.69) is 45.7 Å². The summed E-state index contributed by atoms with van der Waals surface area (Å²) < 4.78 is 7.46. The van der Waals surface area contributed by atoms with Crippen molar-refractivity contribution in [2.45, 2.75) is 17.9 Å². The van der Waals surface area contributed by atoms with Crippen LogP contribution in [-0.4, -0.2) is 28.4 Å². The van der Waals surface area contributed by atoms with E-state index >= 15 is 0 Å². The molecule has 6 heteroatoms. The Bertz CT molecular complexity index is 1010. The average Bonchev–Trinajstić information content (AvgIpc) is 3.05. The van der Waals surface area contributed by atoms with Crippen LogP contribution in [0.1, 0.15) is 18.5 Å². The molecule has 0 saturated carbocycles. The summed E-state index contributed by atoms with van der Waals surface area (Å²) in [4.78, 5) is 18.7. The summed E-state index contributed by atoms with van der Waals surface area (Å²) in [7, 11) is 0. The number of carbonyl (C=O) groups excluding carboxylic acids is 1. The molecule has 2 atom stereocenters. The number of nitrogens with one attached hydrogen (secondary N) is 1. The molecule has 0 saturated heterocycles. The molecule has 4 rings (SSSR count). The van der Waals surface area contributed by atoms with Gasteiger partial charge in [-0.2, -0.15) is 0 Å². The molecule has 0 bridgehead atoms. The number of nitrogens with zero attached hydrogens (tertiary/aromatic N) is 2. The predicted molar refractivity (Wildman–Crippen MR) is 109 cm³/mol. The van der Waals surface area contributed by atoms with Crippen molar-refractivity contribution >= 4 is 34.7 Å². The summed E-state index contributed by atoms with van der Waals surface area (Å²) >= 11 is 1.69. The smallest absolute Gasteiger partial charge is 0.317 e. The van der Waals surface area contributed by atoms with Gasteiger partial charge in [-0.15, -0.1) is 11.8 Å². The number of para-hydroxylation sites is 2. The molecule has 5 nitrogen and oxygen atoms in total. The molecule has 3 aromatic rings. The van der Waals surface area contributed by atoms with Gasteiger partial charge >= 0.3 is 5.97 Å². The van der Waals surface area contributed by atoms with E-state index < -0.39 is 5.92 Å². The Morgan fingerprint density at radius 1 is 1.26 bits per heavy atom. The first-order valence-electron chi connectivity index (χ1n) is 8.87. The summed E-state index contributed by atoms with van der Waals surface area (Å²) in [6.45, 7) is 6.26. The maximum absolute atomic E-state index is 12.8. The van der Waals surface area contributed by atoms with E-state index in [-0.39, 0.29) is 12.0 Å². The van der Waals surface area contributed by atoms with Crippen molar-refractivity contribution < 1.29 is 9.53 Å². The molecule has 0 amide bonds. The van der Waals surface area contributed by atoms with Crippen LogP contribution >= 0.6 is 11.8 Å². The van der Waals surface area contributed by atoms with Gasteiger partial charge in [-0.1, -0.05) is 30.8 Å². The van der Waals surface area contributed by atoms with Gasteiger partial charge in [0.1, 0.15) is 5.92 Å². The molecule has 0 fully saturated rings. The third-order valence-electron chi connectivity index (χ3n) is 4.84. The number of thioether (sulfide) groups is 1. The fourth-order valence-corrected chi connectivity index (χ4v) is 4.03. The first kappa shape index (κ1) is 17.7. The van der Waals surface area contributed by atoms with E-state index in [9.17, 15) is 4.79 Å². The zero-order valence-corrected chi connectivity index (χ0v) is 16.1. The monoisotopic (exact) mass is 379 g/mol. The Kier molecular flexibility index (Phi) is 4.66. The van der Waals surface area contributed by atoms with Crippen molar-refractivity contribution in [1.29, 1.82) is 0 Å². The van der Waals surface area contributed by atoms with Gasteiger partial charge in [0.25, 0.3) is 0 Å². The summed E-state index contributed by atoms with van der Waals surface area (Å²) in [6.07, 6.45) is 2.05. The molecule has 1 aliphatic heterocycles. The van der Waals surface area contributed by atoms with E-state index in [0.717, 1.165) is 16.6 Å². The van der Waals surface area contributed by atoms with E-state index in [1.54, 1.807) is 11.8 Å². The standard InChI is InChI=1S/C21H21N3O2S/c1-4-26-20(25)18-13(2)22-21-23-16-7-5-6-8-17(16)24(21)19(18)14-9-11-15(27-3)12-10-14/h5-12,18-19H,2,4H2,1,3H3,(H,22,23)/t18-,19+/m1/s1. The number of aromatic nitrogens is 2. The molecule has 0 spiro atoms. The lowest BCUT2D eigenvalue weighted by molar-refractivity contribution is -0.147. The number of anilines is 1. The SMILES string of the molecule is C=C1Nc2nc3ccccc3n2[C@@H](c2ccc(SC)cc2)[C@@H]1C(=O)OCC. The van der Waals surface area contributed by atoms with Gasteiger partial charge in [0.2, 0.25) is 5.95 Å². The second kappa shape index (κ2) is 7.12. The number of rotatable bonds is 4. The number of hydrogen-bond donors (Lipinski definition) is 1. The van der Waals surface area contributed by atoms with E-state index in [1.165, 1.54) is 4.90 Å². The maximum atomic E-state index is 12.8. The maximum Gasteiger partial charge on any atom is 0.317 e. The third-order valence-corrected chi connectivity index (χ3v) is 5.58. The van der Waals surface area contributed by atoms with Crippen molar-refractivity contribution in [3.8, 4) is 0 Å². The zero-order valence-electron chi connectivity index (χ0n) is 15.3. The minimum absolute atomic E-state index is 0.267. The Balaban J connectivity index is 1.92. The molecular formula is C21H21N3O2S. The quantitative estimate of drug-likeness (QED) is 0.535. The van der Waals surface area contributed by atoms with Crippen LogP contribution in [0.25, 0.3) is 11.0 Å². The summed E-state index contributed by atoms with van der Waals surface area (Å²) in [5.41, 5.74) is 3.48. The highest BCUT2D eigenvalue weighted by molar-refractivity contribution is 7.98. The second-order valence-electron chi connectivity index (χ2n) is 6.39. The van der Waals surface area contributed by atoms with Crippen LogP contribution in [-0.2, 0) is 9.53 Å². The fourth-order valence-electron chi connectivity index (χ4n) is 3.62. The molecule has 1 aromatic heterocycles. The number of esters is 1. The molecule has 2 heterocycles. The van der Waals surface area contributed by atoms with Crippen molar-refractivity contribution in [2.24, 2.45) is 5.92 Å². The van der Waals surface area contributed by atoms with Crippen LogP contribution < -0.4 is 5.32 Å². The highest BCUT2D eigenvalue weighted by Crippen LogP contribution is 2.41. The summed E-state index contributed by atoms with van der Waals surface area (Å²) in [5, 5.41) is 3.21.